The number of nitrogens with one attached hydrogen (secondary N) is 1. The van der Waals surface area contributed by atoms with E-state index in [2.05, 4.69) is 20.4 Å². The molecule has 7 heteroatoms. The van der Waals surface area contributed by atoms with Crippen LogP contribution in [0.15, 0.2) is 0 Å². The molecule has 2 heterocycles. The number of rotatable bonds is 5. The molecule has 6 nitrogen and oxygen atoms in total. The maximum atomic E-state index is 11.4. The fraction of sp³-hybridized carbons (Fsp3) is 0.727. The molecule has 0 bridgehead atoms. The number of methoxy groups -OCH3 is 1. The maximum Gasteiger partial charge on any atom is 0.310 e. The molecule has 2 rings (SSSR count). The molecule has 1 unspecified atom stereocenters. The number of hydrogen-bond acceptors (Lipinski definition) is 7. The summed E-state index contributed by atoms with van der Waals surface area (Å²) in [5.74, 6) is -0.0979. The van der Waals surface area contributed by atoms with E-state index in [1.807, 2.05) is 6.92 Å². The molecule has 18 heavy (non-hydrogen) atoms. The lowest BCUT2D eigenvalue weighted by Gasteiger charge is -2.12. The number of carbonyl (C=O) groups excluding carboxylic acids is 1. The average molecular weight is 270 g/mol. The van der Waals surface area contributed by atoms with Gasteiger partial charge in [0.25, 0.3) is 0 Å². The van der Waals surface area contributed by atoms with Crippen molar-refractivity contribution in [3.05, 3.63) is 5.01 Å². The molecule has 1 N–H and O–H groups in total. The quantitative estimate of drug-likeness (QED) is 0.804. The van der Waals surface area contributed by atoms with Crippen LogP contribution in [0.5, 0.6) is 0 Å². The van der Waals surface area contributed by atoms with Crippen molar-refractivity contribution >= 4 is 22.4 Å². The highest BCUT2D eigenvalue weighted by atomic mass is 32.1. The lowest BCUT2D eigenvalue weighted by atomic mass is 10.1. The van der Waals surface area contributed by atoms with Crippen molar-refractivity contribution in [2.75, 3.05) is 32.1 Å². The highest BCUT2D eigenvalue weighted by Gasteiger charge is 2.29. The van der Waals surface area contributed by atoms with Crippen molar-refractivity contribution in [3.8, 4) is 0 Å². The van der Waals surface area contributed by atoms with Crippen LogP contribution in [-0.4, -0.2) is 47.8 Å². The highest BCUT2D eigenvalue weighted by Crippen LogP contribution is 2.22. The Morgan fingerprint density at radius 2 is 2.44 bits per heavy atom. The first-order valence-electron chi connectivity index (χ1n) is 6.09. The molecule has 1 atom stereocenters. The third kappa shape index (κ3) is 3.17. The van der Waals surface area contributed by atoms with Gasteiger partial charge in [0, 0.05) is 13.1 Å². The predicted molar refractivity (Wildman–Crippen MR) is 69.5 cm³/mol. The van der Waals surface area contributed by atoms with Crippen LogP contribution in [0.1, 0.15) is 18.4 Å². The van der Waals surface area contributed by atoms with Gasteiger partial charge >= 0.3 is 5.97 Å². The maximum absolute atomic E-state index is 11.4. The minimum atomic E-state index is -0.108. The Balaban J connectivity index is 1.85. The van der Waals surface area contributed by atoms with Gasteiger partial charge in [-0.05, 0) is 19.9 Å². The molecule has 0 spiro atoms. The average Bonchev–Trinajstić information content (AvgIpc) is 2.99. The van der Waals surface area contributed by atoms with Gasteiger partial charge in [-0.2, -0.15) is 0 Å². The number of carbonyl (C=O) groups is 1. The summed E-state index contributed by atoms with van der Waals surface area (Å²) in [6.45, 7) is 5.31. The molecular formula is C11H18N4O2S. The van der Waals surface area contributed by atoms with E-state index >= 15 is 0 Å². The molecule has 1 fully saturated rings. The summed E-state index contributed by atoms with van der Waals surface area (Å²) in [6.07, 6.45) is 0.867. The van der Waals surface area contributed by atoms with Crippen LogP contribution in [0.3, 0.4) is 0 Å². The molecule has 0 radical (unpaired) electrons. The van der Waals surface area contributed by atoms with Crippen molar-refractivity contribution in [2.24, 2.45) is 5.92 Å². The molecule has 1 aromatic heterocycles. The monoisotopic (exact) mass is 270 g/mol. The summed E-state index contributed by atoms with van der Waals surface area (Å²) in [5, 5.41) is 13.2. The Morgan fingerprint density at radius 3 is 3.17 bits per heavy atom. The molecule has 1 saturated heterocycles. The number of aromatic nitrogens is 2. The minimum Gasteiger partial charge on any atom is -0.469 e. The third-order valence-electron chi connectivity index (χ3n) is 2.96. The number of likely N-dealkylation sites (tertiary alicyclic amines) is 1. The van der Waals surface area contributed by atoms with Crippen molar-refractivity contribution in [3.63, 3.8) is 0 Å². The SMILES string of the molecule is CCNc1nnc(CN2CCC(C(=O)OC)C2)s1. The summed E-state index contributed by atoms with van der Waals surface area (Å²) in [5.41, 5.74) is 0. The van der Waals surface area contributed by atoms with Crippen LogP contribution in [0.4, 0.5) is 5.13 Å². The Morgan fingerprint density at radius 1 is 1.61 bits per heavy atom. The summed E-state index contributed by atoms with van der Waals surface area (Å²) in [7, 11) is 1.44. The van der Waals surface area contributed by atoms with E-state index in [-0.39, 0.29) is 11.9 Å². The second-order valence-electron chi connectivity index (χ2n) is 4.28. The van der Waals surface area contributed by atoms with E-state index < -0.39 is 0 Å². The first kappa shape index (κ1) is 13.2. The molecule has 0 aliphatic carbocycles. The van der Waals surface area contributed by atoms with E-state index in [1.54, 1.807) is 11.3 Å². The Kier molecular flexibility index (Phi) is 4.48. The van der Waals surface area contributed by atoms with Gasteiger partial charge in [0.1, 0.15) is 5.01 Å². The predicted octanol–water partition coefficient (Wildman–Crippen LogP) is 0.965. The van der Waals surface area contributed by atoms with Gasteiger partial charge in [-0.1, -0.05) is 11.3 Å². The van der Waals surface area contributed by atoms with Crippen LogP contribution in [-0.2, 0) is 16.1 Å². The van der Waals surface area contributed by atoms with Crippen LogP contribution < -0.4 is 5.32 Å². The van der Waals surface area contributed by atoms with Gasteiger partial charge in [0.2, 0.25) is 5.13 Å². The second kappa shape index (κ2) is 6.10. The van der Waals surface area contributed by atoms with Crippen LogP contribution >= 0.6 is 11.3 Å². The van der Waals surface area contributed by atoms with Crippen molar-refractivity contribution in [1.82, 2.24) is 15.1 Å². The molecule has 100 valence electrons. The Hall–Kier alpha value is -1.21. The van der Waals surface area contributed by atoms with E-state index in [0.29, 0.717) is 0 Å². The zero-order valence-corrected chi connectivity index (χ0v) is 11.5. The van der Waals surface area contributed by atoms with Crippen LogP contribution in [0, 0.1) is 5.92 Å². The lowest BCUT2D eigenvalue weighted by molar-refractivity contribution is -0.144. The zero-order valence-electron chi connectivity index (χ0n) is 10.7. The van der Waals surface area contributed by atoms with Gasteiger partial charge in [0.15, 0.2) is 0 Å². The summed E-state index contributed by atoms with van der Waals surface area (Å²) in [4.78, 5) is 13.6. The van der Waals surface area contributed by atoms with E-state index in [0.717, 1.165) is 42.7 Å². The molecule has 0 aromatic carbocycles. The smallest absolute Gasteiger partial charge is 0.310 e. The van der Waals surface area contributed by atoms with Crippen molar-refractivity contribution < 1.29 is 9.53 Å². The summed E-state index contributed by atoms with van der Waals surface area (Å²) < 4.78 is 4.77. The minimum absolute atomic E-state index is 0.0103. The van der Waals surface area contributed by atoms with Gasteiger partial charge < -0.3 is 10.1 Å². The topological polar surface area (TPSA) is 67.4 Å². The highest BCUT2D eigenvalue weighted by molar-refractivity contribution is 7.15. The fourth-order valence-electron chi connectivity index (χ4n) is 2.07. The normalized spacial score (nSPS) is 20.0. The van der Waals surface area contributed by atoms with Gasteiger partial charge in [-0.25, -0.2) is 0 Å². The van der Waals surface area contributed by atoms with Gasteiger partial charge in [-0.3, -0.25) is 9.69 Å². The molecular weight excluding hydrogens is 252 g/mol. The number of esters is 1. The molecule has 1 aliphatic rings. The van der Waals surface area contributed by atoms with E-state index in [9.17, 15) is 4.79 Å². The molecule has 1 aliphatic heterocycles. The Bertz CT molecular complexity index is 410. The fourth-order valence-corrected chi connectivity index (χ4v) is 2.92. The third-order valence-corrected chi connectivity index (χ3v) is 3.83. The standard InChI is InChI=1S/C11H18N4O2S/c1-3-12-11-14-13-9(18-11)7-15-5-4-8(6-15)10(16)17-2/h8H,3-7H2,1-2H3,(H,12,14). The molecule has 0 saturated carbocycles. The first-order chi connectivity index (χ1) is 8.72. The number of nitrogens with zero attached hydrogens (tertiary/aromatic N) is 3. The Labute approximate surface area is 110 Å². The van der Waals surface area contributed by atoms with Crippen molar-refractivity contribution in [1.29, 1.82) is 0 Å². The van der Waals surface area contributed by atoms with E-state index in [4.69, 9.17) is 4.74 Å². The van der Waals surface area contributed by atoms with Gasteiger partial charge in [-0.15, -0.1) is 10.2 Å². The number of anilines is 1. The van der Waals surface area contributed by atoms with E-state index in [1.165, 1.54) is 7.11 Å². The zero-order chi connectivity index (χ0) is 13.0. The largest absolute Gasteiger partial charge is 0.469 e. The summed E-state index contributed by atoms with van der Waals surface area (Å²) in [6, 6.07) is 0. The summed E-state index contributed by atoms with van der Waals surface area (Å²) >= 11 is 1.57. The number of hydrogen-bond donors (Lipinski definition) is 1. The van der Waals surface area contributed by atoms with Crippen LogP contribution in [0.25, 0.3) is 0 Å². The molecule has 0 amide bonds. The second-order valence-corrected chi connectivity index (χ2v) is 5.34. The lowest BCUT2D eigenvalue weighted by Crippen LogP contribution is -2.23. The van der Waals surface area contributed by atoms with Crippen molar-refractivity contribution in [2.45, 2.75) is 19.9 Å². The first-order valence-corrected chi connectivity index (χ1v) is 6.91. The van der Waals surface area contributed by atoms with Crippen LogP contribution in [0.2, 0.25) is 0 Å². The molecule has 1 aromatic rings. The number of ether oxygens (including phenoxy) is 1. The van der Waals surface area contributed by atoms with Gasteiger partial charge in [0.05, 0.1) is 19.6 Å².